The van der Waals surface area contributed by atoms with Gasteiger partial charge in [0.25, 0.3) is 6.43 Å². The number of anilines is 1. The summed E-state index contributed by atoms with van der Waals surface area (Å²) >= 11 is 0. The zero-order valence-corrected chi connectivity index (χ0v) is 7.92. The molecule has 76 valence electrons. The van der Waals surface area contributed by atoms with E-state index in [1.54, 1.807) is 12.1 Å². The lowest BCUT2D eigenvalue weighted by molar-refractivity contribution is 0.151. The molecule has 0 aliphatic carbocycles. The Morgan fingerprint density at radius 1 is 1.00 bits per heavy atom. The summed E-state index contributed by atoms with van der Waals surface area (Å²) in [6.45, 7) is 2.10. The van der Waals surface area contributed by atoms with Gasteiger partial charge < -0.3 is 4.90 Å². The van der Waals surface area contributed by atoms with Gasteiger partial charge in [-0.05, 0) is 25.0 Å². The van der Waals surface area contributed by atoms with Gasteiger partial charge in [0.15, 0.2) is 0 Å². The van der Waals surface area contributed by atoms with Gasteiger partial charge in [-0.25, -0.2) is 8.78 Å². The van der Waals surface area contributed by atoms with E-state index in [-0.39, 0.29) is 5.56 Å². The highest BCUT2D eigenvalue weighted by atomic mass is 19.3. The van der Waals surface area contributed by atoms with Crippen LogP contribution in [0, 0.1) is 0 Å². The standard InChI is InChI=1S/C11H13F2N/c12-11(13)9-3-5-10(6-4-9)14-7-1-2-8-14/h3-6,11H,1-2,7-8H2. The Kier molecular flexibility index (Phi) is 2.66. The highest BCUT2D eigenvalue weighted by molar-refractivity contribution is 5.48. The van der Waals surface area contributed by atoms with Gasteiger partial charge in [0.2, 0.25) is 0 Å². The maximum atomic E-state index is 12.3. The molecule has 0 unspecified atom stereocenters. The molecule has 1 aliphatic rings. The summed E-state index contributed by atoms with van der Waals surface area (Å²) in [6.07, 6.45) is 0.0512. The van der Waals surface area contributed by atoms with Crippen molar-refractivity contribution in [3.05, 3.63) is 29.8 Å². The van der Waals surface area contributed by atoms with Gasteiger partial charge >= 0.3 is 0 Å². The van der Waals surface area contributed by atoms with E-state index in [0.29, 0.717) is 0 Å². The molecular formula is C11H13F2N. The molecule has 0 radical (unpaired) electrons. The summed E-state index contributed by atoms with van der Waals surface area (Å²) in [5, 5.41) is 0. The van der Waals surface area contributed by atoms with Crippen LogP contribution in [0.3, 0.4) is 0 Å². The first kappa shape index (κ1) is 9.44. The number of halogens is 2. The van der Waals surface area contributed by atoms with E-state index in [9.17, 15) is 8.78 Å². The smallest absolute Gasteiger partial charge is 0.263 e. The fourth-order valence-corrected chi connectivity index (χ4v) is 1.81. The van der Waals surface area contributed by atoms with E-state index in [1.165, 1.54) is 25.0 Å². The van der Waals surface area contributed by atoms with Gasteiger partial charge in [-0.1, -0.05) is 12.1 Å². The van der Waals surface area contributed by atoms with Gasteiger partial charge in [0, 0.05) is 24.3 Å². The highest BCUT2D eigenvalue weighted by Gasteiger charge is 2.13. The Bertz CT molecular complexity index is 289. The Hall–Kier alpha value is -1.12. The molecule has 0 amide bonds. The fourth-order valence-electron chi connectivity index (χ4n) is 1.81. The van der Waals surface area contributed by atoms with Crippen molar-refractivity contribution < 1.29 is 8.78 Å². The molecule has 2 rings (SSSR count). The third kappa shape index (κ3) is 1.86. The number of alkyl halides is 2. The molecule has 0 atom stereocenters. The van der Waals surface area contributed by atoms with Gasteiger partial charge in [-0.15, -0.1) is 0 Å². The van der Waals surface area contributed by atoms with Crippen LogP contribution < -0.4 is 4.90 Å². The van der Waals surface area contributed by atoms with Crippen molar-refractivity contribution in [2.45, 2.75) is 19.3 Å². The van der Waals surface area contributed by atoms with Crippen molar-refractivity contribution >= 4 is 5.69 Å². The highest BCUT2D eigenvalue weighted by Crippen LogP contribution is 2.24. The molecule has 1 aliphatic heterocycles. The van der Waals surface area contributed by atoms with E-state index < -0.39 is 6.43 Å². The van der Waals surface area contributed by atoms with Crippen LogP contribution in [0.2, 0.25) is 0 Å². The van der Waals surface area contributed by atoms with Crippen molar-refractivity contribution in [2.75, 3.05) is 18.0 Å². The summed E-state index contributed by atoms with van der Waals surface area (Å²) in [5.74, 6) is 0. The first-order valence-electron chi connectivity index (χ1n) is 4.90. The van der Waals surface area contributed by atoms with Gasteiger partial charge in [-0.3, -0.25) is 0 Å². The molecule has 1 aromatic rings. The van der Waals surface area contributed by atoms with E-state index in [0.717, 1.165) is 18.8 Å². The molecule has 14 heavy (non-hydrogen) atoms. The van der Waals surface area contributed by atoms with Crippen LogP contribution in [0.25, 0.3) is 0 Å². The monoisotopic (exact) mass is 197 g/mol. The zero-order chi connectivity index (χ0) is 9.97. The topological polar surface area (TPSA) is 3.24 Å². The Labute approximate surface area is 82.3 Å². The summed E-state index contributed by atoms with van der Waals surface area (Å²) < 4.78 is 24.5. The van der Waals surface area contributed by atoms with E-state index in [1.807, 2.05) is 0 Å². The SMILES string of the molecule is FC(F)c1ccc(N2CCCC2)cc1. The molecule has 0 spiro atoms. The van der Waals surface area contributed by atoms with Crippen molar-refractivity contribution in [2.24, 2.45) is 0 Å². The minimum Gasteiger partial charge on any atom is -0.372 e. The molecule has 0 aromatic heterocycles. The maximum Gasteiger partial charge on any atom is 0.263 e. The van der Waals surface area contributed by atoms with Crippen molar-refractivity contribution in [3.8, 4) is 0 Å². The lowest BCUT2D eigenvalue weighted by atomic mass is 10.2. The van der Waals surface area contributed by atoms with Gasteiger partial charge in [-0.2, -0.15) is 0 Å². The average Bonchev–Trinajstić information content (AvgIpc) is 2.71. The maximum absolute atomic E-state index is 12.3. The van der Waals surface area contributed by atoms with Crippen LogP contribution in [0.1, 0.15) is 24.8 Å². The third-order valence-electron chi connectivity index (χ3n) is 2.62. The molecule has 1 fully saturated rings. The van der Waals surface area contributed by atoms with Crippen LogP contribution in [0.5, 0.6) is 0 Å². The van der Waals surface area contributed by atoms with E-state index in [4.69, 9.17) is 0 Å². The van der Waals surface area contributed by atoms with Crippen molar-refractivity contribution in [3.63, 3.8) is 0 Å². The number of rotatable bonds is 2. The second kappa shape index (κ2) is 3.95. The first-order chi connectivity index (χ1) is 6.77. The van der Waals surface area contributed by atoms with E-state index in [2.05, 4.69) is 4.90 Å². The zero-order valence-electron chi connectivity index (χ0n) is 7.92. The number of nitrogens with zero attached hydrogens (tertiary/aromatic N) is 1. The molecule has 1 saturated heterocycles. The summed E-state index contributed by atoms with van der Waals surface area (Å²) in [6, 6.07) is 6.59. The lowest BCUT2D eigenvalue weighted by Gasteiger charge is -2.17. The molecule has 0 bridgehead atoms. The second-order valence-corrected chi connectivity index (χ2v) is 3.59. The molecule has 1 nitrogen and oxygen atoms in total. The second-order valence-electron chi connectivity index (χ2n) is 3.59. The Balaban J connectivity index is 2.12. The molecule has 0 N–H and O–H groups in total. The Morgan fingerprint density at radius 2 is 1.57 bits per heavy atom. The summed E-state index contributed by atoms with van der Waals surface area (Å²) in [7, 11) is 0. The largest absolute Gasteiger partial charge is 0.372 e. The number of benzene rings is 1. The third-order valence-corrected chi connectivity index (χ3v) is 2.62. The van der Waals surface area contributed by atoms with Gasteiger partial charge in [0.1, 0.15) is 0 Å². The molecule has 3 heteroatoms. The average molecular weight is 197 g/mol. The molecular weight excluding hydrogens is 184 g/mol. The van der Waals surface area contributed by atoms with Crippen molar-refractivity contribution in [1.82, 2.24) is 0 Å². The van der Waals surface area contributed by atoms with Crippen LogP contribution in [-0.4, -0.2) is 13.1 Å². The predicted molar refractivity (Wildman–Crippen MR) is 52.8 cm³/mol. The number of hydrogen-bond acceptors (Lipinski definition) is 1. The number of hydrogen-bond donors (Lipinski definition) is 0. The lowest BCUT2D eigenvalue weighted by Crippen LogP contribution is -2.17. The summed E-state index contributed by atoms with van der Waals surface area (Å²) in [4.78, 5) is 2.23. The fraction of sp³-hybridized carbons (Fsp3) is 0.455. The molecule has 1 heterocycles. The normalized spacial score (nSPS) is 16.6. The predicted octanol–water partition coefficient (Wildman–Crippen LogP) is 3.22. The van der Waals surface area contributed by atoms with Crippen LogP contribution in [0.15, 0.2) is 24.3 Å². The molecule has 0 saturated carbocycles. The van der Waals surface area contributed by atoms with Crippen molar-refractivity contribution in [1.29, 1.82) is 0 Å². The van der Waals surface area contributed by atoms with Crippen LogP contribution >= 0.6 is 0 Å². The van der Waals surface area contributed by atoms with Crippen LogP contribution in [0.4, 0.5) is 14.5 Å². The Morgan fingerprint density at radius 3 is 2.07 bits per heavy atom. The van der Waals surface area contributed by atoms with E-state index >= 15 is 0 Å². The minimum absolute atomic E-state index is 0.105. The van der Waals surface area contributed by atoms with Crippen LogP contribution in [-0.2, 0) is 0 Å². The first-order valence-corrected chi connectivity index (χ1v) is 4.90. The molecule has 1 aromatic carbocycles. The summed E-state index contributed by atoms with van der Waals surface area (Å²) in [5.41, 5.74) is 1.17. The minimum atomic E-state index is -2.36. The quantitative estimate of drug-likeness (QED) is 0.703. The van der Waals surface area contributed by atoms with Gasteiger partial charge in [0.05, 0.1) is 0 Å².